The third-order valence-electron chi connectivity index (χ3n) is 1.77. The SMILES string of the molecule is CNCc1ccn(CC(C)C)c1. The van der Waals surface area contributed by atoms with Crippen LogP contribution in [-0.2, 0) is 13.1 Å². The predicted molar refractivity (Wildman–Crippen MR) is 52.0 cm³/mol. The van der Waals surface area contributed by atoms with Crippen molar-refractivity contribution in [3.63, 3.8) is 0 Å². The maximum Gasteiger partial charge on any atom is 0.0242 e. The maximum atomic E-state index is 3.14. The smallest absolute Gasteiger partial charge is 0.0242 e. The van der Waals surface area contributed by atoms with Crippen LogP contribution >= 0.6 is 0 Å². The first kappa shape index (κ1) is 9.33. The lowest BCUT2D eigenvalue weighted by Crippen LogP contribution is -2.05. The Morgan fingerprint density at radius 2 is 2.25 bits per heavy atom. The molecule has 0 radical (unpaired) electrons. The standard InChI is InChI=1S/C10H18N2/c1-9(2)7-12-5-4-10(8-12)6-11-3/h4-5,8-9,11H,6-7H2,1-3H3. The summed E-state index contributed by atoms with van der Waals surface area (Å²) in [6, 6.07) is 2.17. The quantitative estimate of drug-likeness (QED) is 0.722. The van der Waals surface area contributed by atoms with Gasteiger partial charge in [0.25, 0.3) is 0 Å². The van der Waals surface area contributed by atoms with E-state index in [4.69, 9.17) is 0 Å². The summed E-state index contributed by atoms with van der Waals surface area (Å²) >= 11 is 0. The van der Waals surface area contributed by atoms with Gasteiger partial charge in [-0.05, 0) is 24.6 Å². The molecule has 0 spiro atoms. The lowest BCUT2D eigenvalue weighted by Gasteiger charge is -2.05. The van der Waals surface area contributed by atoms with E-state index in [0.29, 0.717) is 0 Å². The number of nitrogens with zero attached hydrogens (tertiary/aromatic N) is 1. The molecule has 0 aliphatic rings. The van der Waals surface area contributed by atoms with Gasteiger partial charge in [-0.1, -0.05) is 13.8 Å². The molecule has 1 aromatic rings. The van der Waals surface area contributed by atoms with Crippen molar-refractivity contribution in [1.29, 1.82) is 0 Å². The second-order valence-electron chi connectivity index (χ2n) is 3.64. The molecular weight excluding hydrogens is 148 g/mol. The van der Waals surface area contributed by atoms with E-state index in [1.807, 2.05) is 7.05 Å². The van der Waals surface area contributed by atoms with Gasteiger partial charge in [-0.3, -0.25) is 0 Å². The van der Waals surface area contributed by atoms with Crippen LogP contribution in [0.15, 0.2) is 18.5 Å². The second-order valence-corrected chi connectivity index (χ2v) is 3.64. The summed E-state index contributed by atoms with van der Waals surface area (Å²) in [7, 11) is 1.97. The lowest BCUT2D eigenvalue weighted by molar-refractivity contribution is 0.524. The molecule has 0 atom stereocenters. The molecule has 1 heterocycles. The molecule has 0 aliphatic heterocycles. The van der Waals surface area contributed by atoms with Crippen LogP contribution in [0.1, 0.15) is 19.4 Å². The number of hydrogen-bond acceptors (Lipinski definition) is 1. The Bertz CT molecular complexity index is 225. The highest BCUT2D eigenvalue weighted by molar-refractivity contribution is 5.09. The van der Waals surface area contributed by atoms with Crippen LogP contribution in [0.5, 0.6) is 0 Å². The summed E-state index contributed by atoms with van der Waals surface area (Å²) in [6.07, 6.45) is 4.35. The van der Waals surface area contributed by atoms with Crippen LogP contribution in [-0.4, -0.2) is 11.6 Å². The summed E-state index contributed by atoms with van der Waals surface area (Å²) in [5.41, 5.74) is 1.36. The molecule has 0 saturated heterocycles. The summed E-state index contributed by atoms with van der Waals surface area (Å²) in [4.78, 5) is 0. The molecule has 0 saturated carbocycles. The molecule has 0 unspecified atom stereocenters. The molecule has 2 heteroatoms. The van der Waals surface area contributed by atoms with Gasteiger partial charge >= 0.3 is 0 Å². The average molecular weight is 166 g/mol. The fourth-order valence-electron chi connectivity index (χ4n) is 1.33. The van der Waals surface area contributed by atoms with E-state index in [9.17, 15) is 0 Å². The van der Waals surface area contributed by atoms with Crippen molar-refractivity contribution in [2.75, 3.05) is 7.05 Å². The van der Waals surface area contributed by atoms with Gasteiger partial charge in [0.15, 0.2) is 0 Å². The Kier molecular flexibility index (Phi) is 3.35. The molecule has 0 aromatic carbocycles. The fraction of sp³-hybridized carbons (Fsp3) is 0.600. The number of rotatable bonds is 4. The lowest BCUT2D eigenvalue weighted by atomic mass is 10.2. The van der Waals surface area contributed by atoms with E-state index < -0.39 is 0 Å². The molecular formula is C10H18N2. The summed E-state index contributed by atoms with van der Waals surface area (Å²) in [5.74, 6) is 0.722. The van der Waals surface area contributed by atoms with Crippen LogP contribution in [0.2, 0.25) is 0 Å². The first-order valence-corrected chi connectivity index (χ1v) is 4.51. The first-order chi connectivity index (χ1) is 5.72. The zero-order valence-electron chi connectivity index (χ0n) is 8.17. The van der Waals surface area contributed by atoms with Gasteiger partial charge in [-0.25, -0.2) is 0 Å². The van der Waals surface area contributed by atoms with Crippen LogP contribution < -0.4 is 5.32 Å². The highest BCUT2D eigenvalue weighted by Gasteiger charge is 1.97. The average Bonchev–Trinajstić information content (AvgIpc) is 2.36. The molecule has 0 bridgehead atoms. The van der Waals surface area contributed by atoms with E-state index in [-0.39, 0.29) is 0 Å². The van der Waals surface area contributed by atoms with E-state index in [0.717, 1.165) is 19.0 Å². The Morgan fingerprint density at radius 1 is 1.50 bits per heavy atom. The second kappa shape index (κ2) is 4.31. The van der Waals surface area contributed by atoms with Crippen molar-refractivity contribution in [2.24, 2.45) is 5.92 Å². The third-order valence-corrected chi connectivity index (χ3v) is 1.77. The topological polar surface area (TPSA) is 17.0 Å². The normalized spacial score (nSPS) is 11.0. The van der Waals surface area contributed by atoms with E-state index in [1.54, 1.807) is 0 Å². The Balaban J connectivity index is 2.52. The largest absolute Gasteiger partial charge is 0.354 e. The zero-order valence-corrected chi connectivity index (χ0v) is 8.17. The molecule has 0 amide bonds. The first-order valence-electron chi connectivity index (χ1n) is 4.51. The fourth-order valence-corrected chi connectivity index (χ4v) is 1.33. The van der Waals surface area contributed by atoms with Gasteiger partial charge in [0.05, 0.1) is 0 Å². The van der Waals surface area contributed by atoms with Gasteiger partial charge in [-0.2, -0.15) is 0 Å². The highest BCUT2D eigenvalue weighted by Crippen LogP contribution is 2.04. The molecule has 1 rings (SSSR count). The molecule has 0 fully saturated rings. The molecule has 1 N–H and O–H groups in total. The minimum absolute atomic E-state index is 0.722. The minimum Gasteiger partial charge on any atom is -0.354 e. The van der Waals surface area contributed by atoms with Gasteiger partial charge in [0.1, 0.15) is 0 Å². The van der Waals surface area contributed by atoms with Crippen molar-refractivity contribution in [2.45, 2.75) is 26.9 Å². The minimum atomic E-state index is 0.722. The van der Waals surface area contributed by atoms with Crippen LogP contribution in [0, 0.1) is 5.92 Å². The van der Waals surface area contributed by atoms with Crippen molar-refractivity contribution in [1.82, 2.24) is 9.88 Å². The van der Waals surface area contributed by atoms with Gasteiger partial charge in [-0.15, -0.1) is 0 Å². The molecule has 2 nitrogen and oxygen atoms in total. The van der Waals surface area contributed by atoms with E-state index >= 15 is 0 Å². The predicted octanol–water partition coefficient (Wildman–Crippen LogP) is 1.86. The number of hydrogen-bond donors (Lipinski definition) is 1. The van der Waals surface area contributed by atoms with Crippen molar-refractivity contribution >= 4 is 0 Å². The van der Waals surface area contributed by atoms with E-state index in [1.165, 1.54) is 5.56 Å². The number of aromatic nitrogens is 1. The Labute approximate surface area is 74.6 Å². The van der Waals surface area contributed by atoms with Crippen LogP contribution in [0.3, 0.4) is 0 Å². The molecule has 1 aromatic heterocycles. The summed E-state index contributed by atoms with van der Waals surface area (Å²) in [6.45, 7) is 6.55. The van der Waals surface area contributed by atoms with Crippen LogP contribution in [0.25, 0.3) is 0 Å². The van der Waals surface area contributed by atoms with Gasteiger partial charge in [0.2, 0.25) is 0 Å². The van der Waals surface area contributed by atoms with E-state index in [2.05, 4.69) is 42.2 Å². The Morgan fingerprint density at radius 3 is 2.83 bits per heavy atom. The maximum absolute atomic E-state index is 3.14. The zero-order chi connectivity index (χ0) is 8.97. The van der Waals surface area contributed by atoms with Crippen molar-refractivity contribution in [3.8, 4) is 0 Å². The summed E-state index contributed by atoms with van der Waals surface area (Å²) < 4.78 is 2.25. The van der Waals surface area contributed by atoms with Gasteiger partial charge in [0, 0.05) is 25.5 Å². The van der Waals surface area contributed by atoms with Crippen LogP contribution in [0.4, 0.5) is 0 Å². The summed E-state index contributed by atoms with van der Waals surface area (Å²) in [5, 5.41) is 3.14. The highest BCUT2D eigenvalue weighted by atomic mass is 14.9. The van der Waals surface area contributed by atoms with Crippen molar-refractivity contribution in [3.05, 3.63) is 24.0 Å². The molecule has 68 valence electrons. The third kappa shape index (κ3) is 2.70. The monoisotopic (exact) mass is 166 g/mol. The van der Waals surface area contributed by atoms with Crippen molar-refractivity contribution < 1.29 is 0 Å². The molecule has 0 aliphatic carbocycles. The number of nitrogens with one attached hydrogen (secondary N) is 1. The van der Waals surface area contributed by atoms with Gasteiger partial charge < -0.3 is 9.88 Å². The Hall–Kier alpha value is -0.760. The molecule has 12 heavy (non-hydrogen) atoms.